The molecule has 3 atom stereocenters. The van der Waals surface area contributed by atoms with E-state index in [2.05, 4.69) is 0 Å². The molecular weight excluding hydrogens is 284 g/mol. The van der Waals surface area contributed by atoms with E-state index >= 15 is 0 Å². The average molecular weight is 306 g/mol. The number of esters is 2. The average Bonchev–Trinajstić information content (AvgIpc) is 2.68. The highest BCUT2D eigenvalue weighted by Gasteiger charge is 2.60. The van der Waals surface area contributed by atoms with Gasteiger partial charge in [-0.15, -0.1) is 0 Å². The van der Waals surface area contributed by atoms with Crippen molar-refractivity contribution in [3.05, 3.63) is 0 Å². The van der Waals surface area contributed by atoms with Crippen molar-refractivity contribution in [3.63, 3.8) is 0 Å². The molecular formula is C13H22O6S. The highest BCUT2D eigenvalue weighted by atomic mass is 32.2. The van der Waals surface area contributed by atoms with Gasteiger partial charge in [-0.3, -0.25) is 9.59 Å². The van der Waals surface area contributed by atoms with Gasteiger partial charge >= 0.3 is 11.9 Å². The van der Waals surface area contributed by atoms with E-state index in [1.807, 2.05) is 0 Å². The van der Waals surface area contributed by atoms with Gasteiger partial charge in [0.1, 0.15) is 0 Å². The molecule has 0 unspecified atom stereocenters. The minimum atomic E-state index is -3.70. The monoisotopic (exact) mass is 306 g/mol. The van der Waals surface area contributed by atoms with Gasteiger partial charge < -0.3 is 9.47 Å². The smallest absolute Gasteiger partial charge is 0.327 e. The number of carbonyl (C=O) groups is 2. The molecule has 0 aromatic carbocycles. The van der Waals surface area contributed by atoms with Crippen molar-refractivity contribution in [1.29, 1.82) is 0 Å². The van der Waals surface area contributed by atoms with Gasteiger partial charge in [0.05, 0.1) is 19.1 Å². The third-order valence-corrected chi connectivity index (χ3v) is 5.95. The van der Waals surface area contributed by atoms with Crippen molar-refractivity contribution in [3.8, 4) is 0 Å². The molecule has 6 nitrogen and oxygen atoms in total. The molecule has 0 N–H and O–H groups in total. The molecule has 0 aromatic rings. The Labute approximate surface area is 119 Å². The lowest BCUT2D eigenvalue weighted by Gasteiger charge is -2.29. The van der Waals surface area contributed by atoms with Crippen LogP contribution < -0.4 is 0 Å². The summed E-state index contributed by atoms with van der Waals surface area (Å²) in [4.78, 5) is 24.0. The number of rotatable bonds is 5. The Bertz CT molecular complexity index is 483. The first-order chi connectivity index (χ1) is 9.20. The van der Waals surface area contributed by atoms with Crippen molar-refractivity contribution in [2.75, 3.05) is 19.5 Å². The quantitative estimate of drug-likeness (QED) is 0.703. The second kappa shape index (κ2) is 6.11. The molecule has 0 spiro atoms. The van der Waals surface area contributed by atoms with Crippen LogP contribution in [-0.4, -0.2) is 44.6 Å². The van der Waals surface area contributed by atoms with Gasteiger partial charge in [0, 0.05) is 6.26 Å². The SMILES string of the molecule is CCOC(=O)[C@@H]1C[C@@H](C)[C@](C(=O)OCC)(S(C)(=O)=O)C1. The van der Waals surface area contributed by atoms with E-state index in [0.717, 1.165) is 6.26 Å². The van der Waals surface area contributed by atoms with Gasteiger partial charge in [-0.05, 0) is 32.6 Å². The summed E-state index contributed by atoms with van der Waals surface area (Å²) in [5.41, 5.74) is 0. The van der Waals surface area contributed by atoms with E-state index in [0.29, 0.717) is 6.42 Å². The van der Waals surface area contributed by atoms with Crippen LogP contribution in [0.25, 0.3) is 0 Å². The molecule has 1 aliphatic carbocycles. The topological polar surface area (TPSA) is 86.7 Å². The summed E-state index contributed by atoms with van der Waals surface area (Å²) in [6.07, 6.45) is 1.27. The lowest BCUT2D eigenvalue weighted by molar-refractivity contribution is -0.148. The Morgan fingerprint density at radius 3 is 2.20 bits per heavy atom. The molecule has 20 heavy (non-hydrogen) atoms. The number of sulfone groups is 1. The van der Waals surface area contributed by atoms with Gasteiger partial charge in [0.15, 0.2) is 14.6 Å². The maximum Gasteiger partial charge on any atom is 0.327 e. The van der Waals surface area contributed by atoms with Crippen LogP contribution in [0.2, 0.25) is 0 Å². The predicted molar refractivity (Wildman–Crippen MR) is 72.7 cm³/mol. The molecule has 1 rings (SSSR count). The first-order valence-electron chi connectivity index (χ1n) is 6.74. The minimum Gasteiger partial charge on any atom is -0.466 e. The molecule has 0 aliphatic heterocycles. The molecule has 0 bridgehead atoms. The molecule has 0 radical (unpaired) electrons. The lowest BCUT2D eigenvalue weighted by atomic mass is 9.97. The van der Waals surface area contributed by atoms with Crippen LogP contribution in [-0.2, 0) is 28.9 Å². The maximum absolute atomic E-state index is 12.2. The van der Waals surface area contributed by atoms with Crippen LogP contribution in [0.15, 0.2) is 0 Å². The van der Waals surface area contributed by atoms with E-state index in [1.165, 1.54) is 0 Å². The van der Waals surface area contributed by atoms with Crippen LogP contribution in [0.4, 0.5) is 0 Å². The van der Waals surface area contributed by atoms with Crippen LogP contribution in [0.5, 0.6) is 0 Å². The Morgan fingerprint density at radius 1 is 1.20 bits per heavy atom. The second-order valence-electron chi connectivity index (χ2n) is 5.17. The summed E-state index contributed by atoms with van der Waals surface area (Å²) in [6, 6.07) is 0. The summed E-state index contributed by atoms with van der Waals surface area (Å²) in [5.74, 6) is -2.27. The number of hydrogen-bond acceptors (Lipinski definition) is 6. The normalized spacial score (nSPS) is 30.0. The van der Waals surface area contributed by atoms with Crippen molar-refractivity contribution in [1.82, 2.24) is 0 Å². The van der Waals surface area contributed by atoms with E-state index in [4.69, 9.17) is 9.47 Å². The molecule has 0 saturated heterocycles. The number of hydrogen-bond donors (Lipinski definition) is 0. The first kappa shape index (κ1) is 16.9. The van der Waals surface area contributed by atoms with Crippen molar-refractivity contribution >= 4 is 21.8 Å². The van der Waals surface area contributed by atoms with Crippen molar-refractivity contribution < 1.29 is 27.5 Å². The van der Waals surface area contributed by atoms with Gasteiger partial charge in [0.25, 0.3) is 0 Å². The predicted octanol–water partition coefficient (Wildman–Crippen LogP) is 0.942. The Hall–Kier alpha value is -1.11. The molecule has 1 aliphatic rings. The Balaban J connectivity index is 3.14. The zero-order valence-corrected chi connectivity index (χ0v) is 13.2. The fourth-order valence-electron chi connectivity index (χ4n) is 2.91. The Kier molecular flexibility index (Phi) is 5.18. The van der Waals surface area contributed by atoms with Crippen LogP contribution >= 0.6 is 0 Å². The van der Waals surface area contributed by atoms with Gasteiger partial charge in [-0.1, -0.05) is 6.92 Å². The first-order valence-corrected chi connectivity index (χ1v) is 8.63. The van der Waals surface area contributed by atoms with Gasteiger partial charge in [-0.25, -0.2) is 8.42 Å². The van der Waals surface area contributed by atoms with E-state index < -0.39 is 38.4 Å². The second-order valence-corrected chi connectivity index (χ2v) is 7.44. The maximum atomic E-state index is 12.2. The standard InChI is InChI=1S/C13H22O6S/c1-5-18-11(14)10-7-9(3)13(8-10,20(4,16)17)12(15)19-6-2/h9-10H,5-8H2,1-4H3/t9-,10-,13-/m1/s1. The molecule has 0 amide bonds. The molecule has 1 fully saturated rings. The van der Waals surface area contributed by atoms with Crippen LogP contribution in [0.3, 0.4) is 0 Å². The van der Waals surface area contributed by atoms with E-state index in [1.54, 1.807) is 20.8 Å². The molecule has 1 saturated carbocycles. The summed E-state index contributed by atoms with van der Waals surface area (Å²) < 4.78 is 32.5. The molecule has 116 valence electrons. The minimum absolute atomic E-state index is 0.0648. The fraction of sp³-hybridized carbons (Fsp3) is 0.846. The van der Waals surface area contributed by atoms with Crippen LogP contribution in [0.1, 0.15) is 33.6 Å². The van der Waals surface area contributed by atoms with Crippen LogP contribution in [0, 0.1) is 11.8 Å². The zero-order valence-electron chi connectivity index (χ0n) is 12.3. The molecule has 0 heterocycles. The van der Waals surface area contributed by atoms with Crippen molar-refractivity contribution in [2.45, 2.75) is 38.4 Å². The molecule has 7 heteroatoms. The zero-order chi connectivity index (χ0) is 15.6. The third-order valence-electron chi connectivity index (χ3n) is 3.89. The molecule has 0 aromatic heterocycles. The van der Waals surface area contributed by atoms with E-state index in [9.17, 15) is 18.0 Å². The summed E-state index contributed by atoms with van der Waals surface area (Å²) in [5, 5.41) is 0. The highest BCUT2D eigenvalue weighted by molar-refractivity contribution is 7.92. The number of ether oxygens (including phenoxy) is 2. The fourth-order valence-corrected chi connectivity index (χ4v) is 4.61. The highest BCUT2D eigenvalue weighted by Crippen LogP contribution is 2.46. The summed E-state index contributed by atoms with van der Waals surface area (Å²) in [7, 11) is -3.70. The summed E-state index contributed by atoms with van der Waals surface area (Å²) >= 11 is 0. The van der Waals surface area contributed by atoms with Gasteiger partial charge in [-0.2, -0.15) is 0 Å². The number of carbonyl (C=O) groups excluding carboxylic acids is 2. The largest absolute Gasteiger partial charge is 0.466 e. The van der Waals surface area contributed by atoms with E-state index in [-0.39, 0.29) is 19.6 Å². The lowest BCUT2D eigenvalue weighted by Crippen LogP contribution is -2.49. The Morgan fingerprint density at radius 2 is 1.75 bits per heavy atom. The third kappa shape index (κ3) is 2.82. The summed E-state index contributed by atoms with van der Waals surface area (Å²) in [6.45, 7) is 5.31. The van der Waals surface area contributed by atoms with Gasteiger partial charge in [0.2, 0.25) is 0 Å². The van der Waals surface area contributed by atoms with Crippen molar-refractivity contribution in [2.24, 2.45) is 11.8 Å².